The van der Waals surface area contributed by atoms with Crippen molar-refractivity contribution in [3.63, 3.8) is 0 Å². The van der Waals surface area contributed by atoms with Crippen LogP contribution in [0.2, 0.25) is 0 Å². The quantitative estimate of drug-likeness (QED) is 0.269. The number of hydrogen-bond donors (Lipinski definition) is 0. The smallest absolute Gasteiger partial charge is 0.285 e. The maximum atomic E-state index is 13.8. The van der Waals surface area contributed by atoms with Crippen LogP contribution >= 0.6 is 0 Å². The van der Waals surface area contributed by atoms with E-state index in [-0.39, 0.29) is 10.7 Å². The van der Waals surface area contributed by atoms with E-state index in [4.69, 9.17) is 0 Å². The molecule has 3 aromatic rings. The minimum Gasteiger partial charge on any atom is -0.295 e. The van der Waals surface area contributed by atoms with Crippen LogP contribution < -0.4 is 4.90 Å². The molecule has 1 saturated heterocycles. The van der Waals surface area contributed by atoms with Gasteiger partial charge in [0.2, 0.25) is 11.8 Å². The van der Waals surface area contributed by atoms with E-state index in [1.54, 1.807) is 48.5 Å². The second-order valence-electron chi connectivity index (χ2n) is 8.79. The number of nitrogens with zero attached hydrogens (tertiary/aromatic N) is 2. The van der Waals surface area contributed by atoms with E-state index in [1.807, 2.05) is 24.3 Å². The molecule has 0 N–H and O–H groups in total. The highest BCUT2D eigenvalue weighted by atomic mass is 16.6. The zero-order chi connectivity index (χ0) is 23.1. The van der Waals surface area contributed by atoms with Crippen LogP contribution in [0.5, 0.6) is 0 Å². The van der Waals surface area contributed by atoms with Gasteiger partial charge in [-0.2, -0.15) is 0 Å². The Hall–Kier alpha value is -4.13. The van der Waals surface area contributed by atoms with E-state index < -0.39 is 35.1 Å². The van der Waals surface area contributed by atoms with E-state index in [0.29, 0.717) is 22.4 Å². The first-order chi connectivity index (χ1) is 15.9. The van der Waals surface area contributed by atoms with E-state index in [0.717, 1.165) is 16.0 Å². The summed E-state index contributed by atoms with van der Waals surface area (Å²) in [7, 11) is 0. The number of Topliss-reactive ketones (excluding diaryl/α,β-unsaturated/α-hetero) is 1. The van der Waals surface area contributed by atoms with Crippen molar-refractivity contribution in [2.24, 2.45) is 11.8 Å². The van der Waals surface area contributed by atoms with Gasteiger partial charge in [-0.05, 0) is 42.3 Å². The molecule has 0 saturated carbocycles. The van der Waals surface area contributed by atoms with Crippen molar-refractivity contribution in [2.45, 2.75) is 18.4 Å². The van der Waals surface area contributed by atoms with Gasteiger partial charge in [-0.15, -0.1) is 0 Å². The van der Waals surface area contributed by atoms with E-state index >= 15 is 0 Å². The third-order valence-corrected chi connectivity index (χ3v) is 7.39. The Bertz CT molecular complexity index is 1350. The molecule has 33 heavy (non-hydrogen) atoms. The largest absolute Gasteiger partial charge is 0.295 e. The second-order valence-corrected chi connectivity index (χ2v) is 8.79. The van der Waals surface area contributed by atoms with Gasteiger partial charge in [0.05, 0.1) is 11.6 Å². The molecule has 1 fully saturated rings. The summed E-state index contributed by atoms with van der Waals surface area (Å²) < 4.78 is 0. The third-order valence-electron chi connectivity index (χ3n) is 7.39. The highest BCUT2D eigenvalue weighted by Gasteiger charge is 2.74. The monoisotopic (exact) mass is 438 g/mol. The number of amides is 2. The molecule has 4 aliphatic rings. The van der Waals surface area contributed by atoms with Crippen molar-refractivity contribution >= 4 is 23.3 Å². The molecule has 162 valence electrons. The summed E-state index contributed by atoms with van der Waals surface area (Å²) in [5.74, 6) is -3.62. The van der Waals surface area contributed by atoms with E-state index in [2.05, 4.69) is 0 Å². The number of carbonyl (C=O) groups excluding carboxylic acids is 3. The van der Waals surface area contributed by atoms with Gasteiger partial charge in [-0.1, -0.05) is 48.5 Å². The molecule has 0 radical (unpaired) electrons. The molecule has 7 heteroatoms. The summed E-state index contributed by atoms with van der Waals surface area (Å²) in [6, 6.07) is 20.4. The number of nitro groups is 1. The summed E-state index contributed by atoms with van der Waals surface area (Å²) in [5, 5.41) is 12.9. The summed E-state index contributed by atoms with van der Waals surface area (Å²) in [6.45, 7) is 1.43. The number of imide groups is 1. The summed E-state index contributed by atoms with van der Waals surface area (Å²) in [4.78, 5) is 52.8. The second kappa shape index (κ2) is 6.45. The Labute approximate surface area is 188 Å². The molecule has 2 atom stereocenters. The molecular formula is C26H18N2O5. The van der Waals surface area contributed by atoms with Crippen LogP contribution in [-0.4, -0.2) is 22.5 Å². The van der Waals surface area contributed by atoms with Crippen molar-refractivity contribution in [2.75, 3.05) is 4.90 Å². The Morgan fingerprint density at radius 1 is 0.879 bits per heavy atom. The molecule has 3 aromatic carbocycles. The van der Waals surface area contributed by atoms with E-state index in [1.165, 1.54) is 6.92 Å². The molecule has 0 aromatic heterocycles. The molecule has 3 aliphatic carbocycles. The average molecular weight is 438 g/mol. The van der Waals surface area contributed by atoms with Crippen molar-refractivity contribution in [1.82, 2.24) is 0 Å². The molecule has 2 amide bonds. The number of anilines is 1. The van der Waals surface area contributed by atoms with Crippen molar-refractivity contribution < 1.29 is 19.3 Å². The van der Waals surface area contributed by atoms with Gasteiger partial charge in [0.1, 0.15) is 5.92 Å². The third kappa shape index (κ3) is 2.21. The highest BCUT2D eigenvalue weighted by molar-refractivity contribution is 6.23. The lowest BCUT2D eigenvalue weighted by atomic mass is 9.51. The fraction of sp³-hybridized carbons (Fsp3) is 0.192. The maximum absolute atomic E-state index is 13.8. The van der Waals surface area contributed by atoms with Crippen molar-refractivity contribution in [3.8, 4) is 0 Å². The molecular weight excluding hydrogens is 420 g/mol. The van der Waals surface area contributed by atoms with Crippen LogP contribution in [0.3, 0.4) is 0 Å². The van der Waals surface area contributed by atoms with Gasteiger partial charge >= 0.3 is 0 Å². The fourth-order valence-electron chi connectivity index (χ4n) is 6.14. The predicted molar refractivity (Wildman–Crippen MR) is 118 cm³/mol. The SMILES string of the molecule is CC(=O)c1ccc(N2C(=O)[C@@H]3C4c5ccccc5C([N+](=O)[O-])(c5ccccc54)[C@@H]3C2=O)cc1. The summed E-state index contributed by atoms with van der Waals surface area (Å²) in [6.07, 6.45) is 0. The van der Waals surface area contributed by atoms with Crippen LogP contribution in [0.1, 0.15) is 45.5 Å². The summed E-state index contributed by atoms with van der Waals surface area (Å²) >= 11 is 0. The zero-order valence-corrected chi connectivity index (χ0v) is 17.6. The van der Waals surface area contributed by atoms with Gasteiger partial charge in [-0.3, -0.25) is 24.5 Å². The lowest BCUT2D eigenvalue weighted by molar-refractivity contribution is -0.578. The van der Waals surface area contributed by atoms with Gasteiger partial charge in [0.25, 0.3) is 5.54 Å². The first-order valence-electron chi connectivity index (χ1n) is 10.7. The minimum absolute atomic E-state index is 0.134. The Morgan fingerprint density at radius 2 is 1.42 bits per heavy atom. The predicted octanol–water partition coefficient (Wildman–Crippen LogP) is 3.67. The molecule has 0 spiro atoms. The molecule has 1 aliphatic heterocycles. The van der Waals surface area contributed by atoms with Crippen LogP contribution in [0.15, 0.2) is 72.8 Å². The van der Waals surface area contributed by atoms with Crippen molar-refractivity contribution in [3.05, 3.63) is 111 Å². The number of ketones is 1. The normalized spacial score (nSPS) is 26.6. The molecule has 1 heterocycles. The lowest BCUT2D eigenvalue weighted by Crippen LogP contribution is -2.57. The van der Waals surface area contributed by atoms with Crippen LogP contribution in [0.4, 0.5) is 5.69 Å². The number of hydrogen-bond acceptors (Lipinski definition) is 5. The first-order valence-corrected chi connectivity index (χ1v) is 10.7. The van der Waals surface area contributed by atoms with Gasteiger partial charge in [0.15, 0.2) is 5.78 Å². The van der Waals surface area contributed by atoms with Crippen molar-refractivity contribution in [1.29, 1.82) is 0 Å². The van der Waals surface area contributed by atoms with Gasteiger partial charge in [-0.25, -0.2) is 4.90 Å². The van der Waals surface area contributed by atoms with Crippen LogP contribution in [-0.2, 0) is 15.1 Å². The lowest BCUT2D eigenvalue weighted by Gasteiger charge is -2.48. The Balaban J connectivity index is 1.61. The average Bonchev–Trinajstić information content (AvgIpc) is 3.09. The Morgan fingerprint density at radius 3 is 1.94 bits per heavy atom. The molecule has 7 nitrogen and oxygen atoms in total. The number of carbonyl (C=O) groups is 3. The van der Waals surface area contributed by atoms with Gasteiger partial charge < -0.3 is 0 Å². The molecule has 7 rings (SSSR count). The van der Waals surface area contributed by atoms with E-state index in [9.17, 15) is 24.5 Å². The highest BCUT2D eigenvalue weighted by Crippen LogP contribution is 2.64. The molecule has 2 bridgehead atoms. The number of rotatable bonds is 3. The minimum atomic E-state index is -1.84. The Kier molecular flexibility index (Phi) is 3.82. The maximum Gasteiger partial charge on any atom is 0.285 e. The topological polar surface area (TPSA) is 97.6 Å². The standard InChI is InChI=1S/C26H18N2O5/c1-14(29)15-10-12-16(13-11-15)27-24(30)22-21-17-6-2-4-8-19(17)26(28(32)33,23(22)25(27)31)20-9-5-3-7-18(20)21/h2-13,21-23H,1H3/t21?,22-,23+,26?/m1/s1. The molecule has 0 unspecified atom stereocenters. The first kappa shape index (κ1) is 19.5. The van der Waals surface area contributed by atoms with Crippen LogP contribution in [0.25, 0.3) is 0 Å². The zero-order valence-electron chi connectivity index (χ0n) is 17.6. The fourth-order valence-corrected chi connectivity index (χ4v) is 6.14. The summed E-state index contributed by atoms with van der Waals surface area (Å²) in [5.41, 5.74) is 1.35. The van der Waals surface area contributed by atoms with Gasteiger partial charge in [0, 0.05) is 27.5 Å². The number of benzene rings is 3. The van der Waals surface area contributed by atoms with Crippen LogP contribution in [0, 0.1) is 22.0 Å².